The maximum Gasteiger partial charge on any atom is 0.150 e. The molecule has 2 aromatic rings. The highest BCUT2D eigenvalue weighted by atomic mass is 16.6. The SMILES string of the molecule is CC12CC=C3C=C4[C@@H](O)C(O)[C@@H]([N+](C)(C)O)C[C@]45CC[C@]3(O5)[C@@H]1CCC2c1ccc2ccncc2c1. The number of aromatic nitrogens is 1. The molecular formula is C30H37N2O4+. The van der Waals surface area contributed by atoms with Crippen molar-refractivity contribution in [1.82, 2.24) is 4.98 Å². The van der Waals surface area contributed by atoms with Gasteiger partial charge in [0.15, 0.2) is 6.04 Å². The smallest absolute Gasteiger partial charge is 0.150 e. The Hall–Kier alpha value is -2.09. The Kier molecular flexibility index (Phi) is 4.65. The number of ether oxygens (including phenoxy) is 1. The van der Waals surface area contributed by atoms with E-state index in [1.165, 1.54) is 21.9 Å². The minimum Gasteiger partial charge on any atom is -0.386 e. The van der Waals surface area contributed by atoms with E-state index >= 15 is 0 Å². The molecule has 2 saturated carbocycles. The fourth-order valence-corrected chi connectivity index (χ4v) is 8.89. The molecule has 3 fully saturated rings. The van der Waals surface area contributed by atoms with Gasteiger partial charge < -0.3 is 14.9 Å². The average molecular weight is 490 g/mol. The largest absolute Gasteiger partial charge is 0.386 e. The molecule has 6 nitrogen and oxygen atoms in total. The Morgan fingerprint density at radius 1 is 1.08 bits per heavy atom. The first kappa shape index (κ1) is 23.1. The van der Waals surface area contributed by atoms with E-state index in [1.807, 2.05) is 12.4 Å². The van der Waals surface area contributed by atoms with Gasteiger partial charge in [-0.3, -0.25) is 4.98 Å². The summed E-state index contributed by atoms with van der Waals surface area (Å²) in [6.45, 7) is 2.45. The summed E-state index contributed by atoms with van der Waals surface area (Å²) in [5, 5.41) is 35.3. The van der Waals surface area contributed by atoms with E-state index in [2.05, 4.69) is 48.3 Å². The van der Waals surface area contributed by atoms with Crippen LogP contribution in [0.1, 0.15) is 56.9 Å². The predicted octanol–water partition coefficient (Wildman–Crippen LogP) is 4.25. The molecule has 36 heavy (non-hydrogen) atoms. The normalized spacial score (nSPS) is 43.4. The van der Waals surface area contributed by atoms with Crippen LogP contribution < -0.4 is 0 Å². The second-order valence-electron chi connectivity index (χ2n) is 12.8. The standard InChI is InChI=1S/C30H37N2O4/c1-28-10-8-21-15-23-26(33)27(34)24(32(2,3)35)16-29(23)11-12-30(21,36-29)25(28)7-6-22(28)19-5-4-18-9-13-31-17-20(18)14-19/h4-5,8-9,13-15,17,22,24-27,33-35H,6-7,10-12,16H2,1-3H3/q+1/t22?,24-,25+,26+,27?,28?,29+,30+/m0/s1. The van der Waals surface area contributed by atoms with E-state index in [-0.39, 0.29) is 15.7 Å². The molecule has 8 atom stereocenters. The number of hydroxylamine groups is 3. The van der Waals surface area contributed by atoms with Gasteiger partial charge in [-0.2, -0.15) is 4.65 Å². The van der Waals surface area contributed by atoms with Crippen molar-refractivity contribution in [3.05, 3.63) is 65.5 Å². The Morgan fingerprint density at radius 2 is 1.92 bits per heavy atom. The van der Waals surface area contributed by atoms with E-state index in [4.69, 9.17) is 4.74 Å². The van der Waals surface area contributed by atoms with E-state index < -0.39 is 23.9 Å². The van der Waals surface area contributed by atoms with Crippen molar-refractivity contribution in [3.8, 4) is 0 Å². The lowest BCUT2D eigenvalue weighted by Crippen LogP contribution is -2.65. The number of quaternary nitrogens is 1. The van der Waals surface area contributed by atoms with Gasteiger partial charge in [0.05, 0.1) is 25.3 Å². The zero-order valence-corrected chi connectivity index (χ0v) is 21.4. The Balaban J connectivity index is 1.29. The number of rotatable bonds is 2. The van der Waals surface area contributed by atoms with Gasteiger partial charge in [0, 0.05) is 24.2 Å². The summed E-state index contributed by atoms with van der Waals surface area (Å²) >= 11 is 0. The van der Waals surface area contributed by atoms with Crippen molar-refractivity contribution in [1.29, 1.82) is 0 Å². The van der Waals surface area contributed by atoms with Crippen LogP contribution >= 0.6 is 0 Å². The van der Waals surface area contributed by atoms with Gasteiger partial charge in [-0.15, -0.1) is 0 Å². The fourth-order valence-electron chi connectivity index (χ4n) is 8.89. The highest BCUT2D eigenvalue weighted by Crippen LogP contribution is 2.69. The van der Waals surface area contributed by atoms with Crippen molar-refractivity contribution < 1.29 is 24.8 Å². The van der Waals surface area contributed by atoms with Gasteiger partial charge in [0.2, 0.25) is 0 Å². The summed E-state index contributed by atoms with van der Waals surface area (Å²) in [5.41, 5.74) is 2.49. The molecule has 2 bridgehead atoms. The lowest BCUT2D eigenvalue weighted by molar-refractivity contribution is -1.09. The number of hydrogen-bond donors (Lipinski definition) is 3. The summed E-state index contributed by atoms with van der Waals surface area (Å²) < 4.78 is 6.84. The molecule has 0 radical (unpaired) electrons. The first-order valence-corrected chi connectivity index (χ1v) is 13.5. The van der Waals surface area contributed by atoms with Crippen LogP contribution in [0.5, 0.6) is 0 Å². The quantitative estimate of drug-likeness (QED) is 0.434. The second kappa shape index (κ2) is 7.27. The highest BCUT2D eigenvalue weighted by Gasteiger charge is 2.69. The molecular weight excluding hydrogens is 452 g/mol. The summed E-state index contributed by atoms with van der Waals surface area (Å²) in [7, 11) is 3.34. The molecule has 190 valence electrons. The van der Waals surface area contributed by atoms with Gasteiger partial charge in [-0.1, -0.05) is 31.2 Å². The van der Waals surface area contributed by atoms with Crippen LogP contribution in [0.4, 0.5) is 0 Å². The third kappa shape index (κ3) is 2.88. The Morgan fingerprint density at radius 3 is 2.72 bits per heavy atom. The number of aliphatic hydroxyl groups is 2. The van der Waals surface area contributed by atoms with Crippen molar-refractivity contribution in [2.45, 2.75) is 80.8 Å². The third-order valence-corrected chi connectivity index (χ3v) is 10.7. The molecule has 3 aliphatic carbocycles. The summed E-state index contributed by atoms with van der Waals surface area (Å²) in [6.07, 6.45) is 11.7. The molecule has 5 aliphatic rings. The molecule has 2 spiro atoms. The average Bonchev–Trinajstić information content (AvgIpc) is 3.36. The molecule has 1 saturated heterocycles. The van der Waals surface area contributed by atoms with Crippen LogP contribution in [0.25, 0.3) is 10.8 Å². The first-order chi connectivity index (χ1) is 17.1. The van der Waals surface area contributed by atoms with Crippen molar-refractivity contribution in [2.24, 2.45) is 11.3 Å². The molecule has 3 N–H and O–H groups in total. The molecule has 3 heterocycles. The van der Waals surface area contributed by atoms with E-state index in [1.54, 1.807) is 14.1 Å². The molecule has 7 rings (SSSR count). The Bertz CT molecular complexity index is 1310. The van der Waals surface area contributed by atoms with Crippen LogP contribution in [0.2, 0.25) is 0 Å². The molecule has 2 aliphatic heterocycles. The van der Waals surface area contributed by atoms with Gasteiger partial charge in [-0.05, 0) is 83.6 Å². The minimum absolute atomic E-state index is 0.0781. The summed E-state index contributed by atoms with van der Waals surface area (Å²) in [4.78, 5) is 4.34. The van der Waals surface area contributed by atoms with Gasteiger partial charge in [0.1, 0.15) is 12.2 Å². The van der Waals surface area contributed by atoms with Crippen LogP contribution in [0, 0.1) is 11.3 Å². The third-order valence-electron chi connectivity index (χ3n) is 10.7. The fraction of sp³-hybridized carbons (Fsp3) is 0.567. The number of hydrogen-bond acceptors (Lipinski definition) is 5. The first-order valence-electron chi connectivity index (χ1n) is 13.5. The predicted molar refractivity (Wildman–Crippen MR) is 136 cm³/mol. The molecule has 6 heteroatoms. The maximum absolute atomic E-state index is 11.2. The topological polar surface area (TPSA) is 82.8 Å². The number of pyridine rings is 1. The second-order valence-corrected chi connectivity index (χ2v) is 12.8. The minimum atomic E-state index is -1.03. The van der Waals surface area contributed by atoms with Crippen molar-refractivity contribution in [3.63, 3.8) is 0 Å². The van der Waals surface area contributed by atoms with Gasteiger partial charge in [0.25, 0.3) is 0 Å². The number of nitrogens with zero attached hydrogens (tertiary/aromatic N) is 2. The molecule has 0 amide bonds. The molecule has 1 aromatic carbocycles. The number of fused-ring (bicyclic) bond motifs is 2. The van der Waals surface area contributed by atoms with E-state index in [0.717, 1.165) is 37.7 Å². The maximum atomic E-state index is 11.2. The molecule has 3 unspecified atom stereocenters. The number of likely N-dealkylation sites (N-methyl/N-ethyl adjacent to an activating group) is 1. The van der Waals surface area contributed by atoms with E-state index in [9.17, 15) is 15.4 Å². The van der Waals surface area contributed by atoms with Gasteiger partial charge in [-0.25, -0.2) is 5.21 Å². The number of aliphatic hydroxyl groups excluding tert-OH is 2. The lowest BCUT2D eigenvalue weighted by Gasteiger charge is -2.56. The summed E-state index contributed by atoms with van der Waals surface area (Å²) in [6, 6.07) is 8.43. The van der Waals surface area contributed by atoms with Gasteiger partial charge >= 0.3 is 0 Å². The lowest BCUT2D eigenvalue weighted by atomic mass is 9.58. The zero-order chi connectivity index (χ0) is 25.1. The van der Waals surface area contributed by atoms with Crippen molar-refractivity contribution in [2.75, 3.05) is 14.1 Å². The number of allylic oxidation sites excluding steroid dienone is 1. The van der Waals surface area contributed by atoms with E-state index in [0.29, 0.717) is 18.3 Å². The van der Waals surface area contributed by atoms with Crippen LogP contribution in [-0.4, -0.2) is 68.6 Å². The summed E-state index contributed by atoms with van der Waals surface area (Å²) in [5.74, 6) is 0.834. The van der Waals surface area contributed by atoms with Crippen molar-refractivity contribution >= 4 is 10.8 Å². The Labute approximate surface area is 212 Å². The number of benzene rings is 1. The molecule has 1 aromatic heterocycles. The van der Waals surface area contributed by atoms with Crippen LogP contribution in [0.15, 0.2) is 60.0 Å². The van der Waals surface area contributed by atoms with Crippen LogP contribution in [-0.2, 0) is 4.74 Å². The highest BCUT2D eigenvalue weighted by molar-refractivity contribution is 5.82. The zero-order valence-electron chi connectivity index (χ0n) is 21.4. The monoisotopic (exact) mass is 489 g/mol. The van der Waals surface area contributed by atoms with Crippen LogP contribution in [0.3, 0.4) is 0 Å².